The normalized spacial score (nSPS) is 24.3. The molecule has 3 rings (SSSR count). The molecule has 1 aromatic carbocycles. The van der Waals surface area contributed by atoms with E-state index in [0.29, 0.717) is 6.42 Å². The molecule has 5 heteroatoms. The van der Waals surface area contributed by atoms with Crippen LogP contribution in [0.4, 0.5) is 0 Å². The van der Waals surface area contributed by atoms with Crippen molar-refractivity contribution in [2.75, 3.05) is 33.2 Å². The average molecular weight is 329 g/mol. The molecule has 0 saturated carbocycles. The van der Waals surface area contributed by atoms with Crippen LogP contribution in [0.2, 0.25) is 0 Å². The maximum atomic E-state index is 12.7. The van der Waals surface area contributed by atoms with Gasteiger partial charge in [0.05, 0.1) is 5.92 Å². The zero-order valence-corrected chi connectivity index (χ0v) is 14.4. The first kappa shape index (κ1) is 17.0. The van der Waals surface area contributed by atoms with Gasteiger partial charge >= 0.3 is 0 Å². The van der Waals surface area contributed by atoms with E-state index in [2.05, 4.69) is 17.0 Å². The van der Waals surface area contributed by atoms with Gasteiger partial charge in [-0.1, -0.05) is 30.3 Å². The fourth-order valence-electron chi connectivity index (χ4n) is 4.26. The van der Waals surface area contributed by atoms with Crippen LogP contribution in [-0.4, -0.2) is 54.8 Å². The molecule has 2 fully saturated rings. The lowest BCUT2D eigenvalue weighted by molar-refractivity contribution is -0.139. The second-order valence-corrected chi connectivity index (χ2v) is 7.42. The molecule has 1 unspecified atom stereocenters. The first-order chi connectivity index (χ1) is 11.5. The predicted molar refractivity (Wildman–Crippen MR) is 93.4 cm³/mol. The second-order valence-electron chi connectivity index (χ2n) is 7.42. The highest BCUT2D eigenvalue weighted by molar-refractivity contribution is 5.84. The van der Waals surface area contributed by atoms with Crippen molar-refractivity contribution in [3.05, 3.63) is 35.9 Å². The van der Waals surface area contributed by atoms with Crippen LogP contribution >= 0.6 is 0 Å². The lowest BCUT2D eigenvalue weighted by atomic mass is 9.67. The maximum absolute atomic E-state index is 12.7. The van der Waals surface area contributed by atoms with Crippen LogP contribution in [0.15, 0.2) is 30.3 Å². The van der Waals surface area contributed by atoms with Crippen molar-refractivity contribution in [1.82, 2.24) is 9.80 Å². The summed E-state index contributed by atoms with van der Waals surface area (Å²) in [6, 6.07) is 10.1. The number of piperidine rings is 2. The van der Waals surface area contributed by atoms with E-state index in [1.807, 2.05) is 30.1 Å². The van der Waals surface area contributed by atoms with Crippen LogP contribution in [0.5, 0.6) is 0 Å². The molecule has 0 aliphatic carbocycles. The Labute approximate surface area is 143 Å². The lowest BCUT2D eigenvalue weighted by Crippen LogP contribution is -2.52. The highest BCUT2D eigenvalue weighted by Gasteiger charge is 2.44. The Morgan fingerprint density at radius 2 is 1.92 bits per heavy atom. The number of nitrogens with zero attached hydrogens (tertiary/aromatic N) is 2. The summed E-state index contributed by atoms with van der Waals surface area (Å²) < 4.78 is 0. The smallest absolute Gasteiger partial charge is 0.229 e. The zero-order chi connectivity index (χ0) is 17.2. The molecule has 2 saturated heterocycles. The van der Waals surface area contributed by atoms with E-state index >= 15 is 0 Å². The third-order valence-corrected chi connectivity index (χ3v) is 5.68. The molecule has 1 aromatic rings. The largest absolute Gasteiger partial charge is 0.370 e. The van der Waals surface area contributed by atoms with E-state index in [9.17, 15) is 9.59 Å². The SMILES string of the molecule is CN1CC2(CCN(CCC(N)=O)CC2)CC(c2ccccc2)C1=O. The number of likely N-dealkylation sites (tertiary alicyclic amines) is 2. The molecule has 2 aliphatic heterocycles. The number of benzene rings is 1. The van der Waals surface area contributed by atoms with Gasteiger partial charge in [0, 0.05) is 26.6 Å². The van der Waals surface area contributed by atoms with Crippen molar-refractivity contribution >= 4 is 11.8 Å². The first-order valence-corrected chi connectivity index (χ1v) is 8.80. The number of carbonyl (C=O) groups is 2. The number of hydrogen-bond donors (Lipinski definition) is 1. The number of nitrogens with two attached hydrogens (primary N) is 1. The van der Waals surface area contributed by atoms with Crippen LogP contribution < -0.4 is 5.73 Å². The van der Waals surface area contributed by atoms with Crippen molar-refractivity contribution in [2.45, 2.75) is 31.6 Å². The highest BCUT2D eigenvalue weighted by Crippen LogP contribution is 2.45. The fourth-order valence-corrected chi connectivity index (χ4v) is 4.26. The summed E-state index contributed by atoms with van der Waals surface area (Å²) in [4.78, 5) is 27.9. The first-order valence-electron chi connectivity index (χ1n) is 8.80. The summed E-state index contributed by atoms with van der Waals surface area (Å²) in [5.41, 5.74) is 6.58. The lowest BCUT2D eigenvalue weighted by Gasteiger charge is -2.49. The monoisotopic (exact) mass is 329 g/mol. The molecule has 0 radical (unpaired) electrons. The molecule has 24 heavy (non-hydrogen) atoms. The fraction of sp³-hybridized carbons (Fsp3) is 0.579. The number of rotatable bonds is 4. The third kappa shape index (κ3) is 3.61. The summed E-state index contributed by atoms with van der Waals surface area (Å²) in [6.07, 6.45) is 3.52. The number of amides is 2. The summed E-state index contributed by atoms with van der Waals surface area (Å²) >= 11 is 0. The van der Waals surface area contributed by atoms with Crippen LogP contribution in [0, 0.1) is 5.41 Å². The van der Waals surface area contributed by atoms with Gasteiger partial charge in [-0.2, -0.15) is 0 Å². The van der Waals surface area contributed by atoms with Gasteiger partial charge in [-0.3, -0.25) is 9.59 Å². The molecule has 130 valence electrons. The van der Waals surface area contributed by atoms with Crippen LogP contribution in [0.3, 0.4) is 0 Å². The minimum atomic E-state index is -0.234. The summed E-state index contributed by atoms with van der Waals surface area (Å²) in [5, 5.41) is 0. The highest BCUT2D eigenvalue weighted by atomic mass is 16.2. The molecule has 0 bridgehead atoms. The minimum absolute atomic E-state index is 0.0258. The Balaban J connectivity index is 1.68. The standard InChI is InChI=1S/C19H27N3O2/c1-21-14-19(8-11-22(12-9-19)10-7-17(20)23)13-16(18(21)24)15-5-3-2-4-6-15/h2-6,16H,7-14H2,1H3,(H2,20,23). The van der Waals surface area contributed by atoms with Crippen molar-refractivity contribution in [3.8, 4) is 0 Å². The Kier molecular flexibility index (Phi) is 4.90. The predicted octanol–water partition coefficient (Wildman–Crippen LogP) is 1.59. The van der Waals surface area contributed by atoms with Crippen LogP contribution in [0.25, 0.3) is 0 Å². The molecule has 0 aromatic heterocycles. The van der Waals surface area contributed by atoms with Crippen molar-refractivity contribution < 1.29 is 9.59 Å². The minimum Gasteiger partial charge on any atom is -0.370 e. The van der Waals surface area contributed by atoms with Gasteiger partial charge in [-0.15, -0.1) is 0 Å². The molecule has 2 heterocycles. The molecule has 1 atom stereocenters. The quantitative estimate of drug-likeness (QED) is 0.912. The van der Waals surface area contributed by atoms with Crippen molar-refractivity contribution in [2.24, 2.45) is 11.1 Å². The van der Waals surface area contributed by atoms with Crippen LogP contribution in [0.1, 0.15) is 37.2 Å². The summed E-state index contributed by atoms with van der Waals surface area (Å²) in [7, 11) is 1.93. The van der Waals surface area contributed by atoms with Gasteiger partial charge in [-0.25, -0.2) is 0 Å². The van der Waals surface area contributed by atoms with Gasteiger partial charge in [-0.05, 0) is 43.3 Å². The van der Waals surface area contributed by atoms with Crippen molar-refractivity contribution in [1.29, 1.82) is 0 Å². The zero-order valence-electron chi connectivity index (χ0n) is 14.4. The van der Waals surface area contributed by atoms with E-state index in [4.69, 9.17) is 5.73 Å². The average Bonchev–Trinajstić information content (AvgIpc) is 2.58. The molecule has 5 nitrogen and oxygen atoms in total. The number of hydrogen-bond acceptors (Lipinski definition) is 3. The van der Waals surface area contributed by atoms with E-state index in [1.165, 1.54) is 0 Å². The van der Waals surface area contributed by atoms with E-state index in [1.54, 1.807) is 0 Å². The molecule has 2 aliphatic rings. The Morgan fingerprint density at radius 3 is 2.54 bits per heavy atom. The van der Waals surface area contributed by atoms with Gasteiger partial charge in [0.25, 0.3) is 0 Å². The number of carbonyl (C=O) groups excluding carboxylic acids is 2. The second kappa shape index (κ2) is 6.93. The van der Waals surface area contributed by atoms with E-state index in [0.717, 1.165) is 51.0 Å². The third-order valence-electron chi connectivity index (χ3n) is 5.68. The van der Waals surface area contributed by atoms with Crippen molar-refractivity contribution in [3.63, 3.8) is 0 Å². The Bertz CT molecular complexity index is 594. The molecular weight excluding hydrogens is 302 g/mol. The van der Waals surface area contributed by atoms with E-state index in [-0.39, 0.29) is 23.1 Å². The van der Waals surface area contributed by atoms with Gasteiger partial charge in [0.2, 0.25) is 11.8 Å². The van der Waals surface area contributed by atoms with E-state index < -0.39 is 0 Å². The number of primary amides is 1. The van der Waals surface area contributed by atoms with Gasteiger partial charge < -0.3 is 15.5 Å². The van der Waals surface area contributed by atoms with Gasteiger partial charge in [0.1, 0.15) is 0 Å². The Morgan fingerprint density at radius 1 is 1.25 bits per heavy atom. The molecule has 2 N–H and O–H groups in total. The number of likely N-dealkylation sites (N-methyl/N-ethyl adjacent to an activating group) is 1. The topological polar surface area (TPSA) is 66.6 Å². The van der Waals surface area contributed by atoms with Gasteiger partial charge in [0.15, 0.2) is 0 Å². The molecular formula is C19H27N3O2. The summed E-state index contributed by atoms with van der Waals surface area (Å²) in [6.45, 7) is 3.56. The summed E-state index contributed by atoms with van der Waals surface area (Å²) in [5.74, 6) is -0.0208. The van der Waals surface area contributed by atoms with Crippen LogP contribution in [-0.2, 0) is 9.59 Å². The maximum Gasteiger partial charge on any atom is 0.229 e. The molecule has 2 amide bonds. The Hall–Kier alpha value is -1.88. The molecule has 1 spiro atoms.